The Labute approximate surface area is 110 Å². The summed E-state index contributed by atoms with van der Waals surface area (Å²) in [6.45, 7) is 7.12. The lowest BCUT2D eigenvalue weighted by atomic mass is 10.1. The van der Waals surface area contributed by atoms with Crippen molar-refractivity contribution in [3.05, 3.63) is 12.7 Å². The highest BCUT2D eigenvalue weighted by molar-refractivity contribution is 5.68. The van der Waals surface area contributed by atoms with Crippen LogP contribution in [0.15, 0.2) is 12.7 Å². The molecule has 0 bridgehead atoms. The molecule has 0 saturated carbocycles. The van der Waals surface area contributed by atoms with Crippen LogP contribution in [0.5, 0.6) is 0 Å². The van der Waals surface area contributed by atoms with Gasteiger partial charge in [0, 0.05) is 20.8 Å². The van der Waals surface area contributed by atoms with Crippen LogP contribution in [-0.2, 0) is 33.3 Å². The van der Waals surface area contributed by atoms with Crippen molar-refractivity contribution < 1.29 is 33.3 Å². The molecule has 1 aliphatic rings. The molecule has 0 N–H and O–H groups in total. The first-order valence-corrected chi connectivity index (χ1v) is 5.64. The Balaban J connectivity index is 2.93. The number of carbonyl (C=O) groups is 3. The molecule has 19 heavy (non-hydrogen) atoms. The van der Waals surface area contributed by atoms with Gasteiger partial charge in [-0.15, -0.1) is 6.58 Å². The first-order chi connectivity index (χ1) is 8.85. The Morgan fingerprint density at radius 1 is 0.947 bits per heavy atom. The zero-order valence-electron chi connectivity index (χ0n) is 11.0. The van der Waals surface area contributed by atoms with E-state index in [0.29, 0.717) is 0 Å². The van der Waals surface area contributed by atoms with Crippen molar-refractivity contribution >= 4 is 17.9 Å². The maximum Gasteiger partial charge on any atom is 0.305 e. The van der Waals surface area contributed by atoms with Gasteiger partial charge in [-0.1, -0.05) is 6.08 Å². The van der Waals surface area contributed by atoms with Gasteiger partial charge in [0.1, 0.15) is 6.10 Å². The molecule has 7 nitrogen and oxygen atoms in total. The van der Waals surface area contributed by atoms with E-state index in [1.165, 1.54) is 26.8 Å². The van der Waals surface area contributed by atoms with Gasteiger partial charge in [-0.05, 0) is 0 Å². The van der Waals surface area contributed by atoms with Gasteiger partial charge in [0.2, 0.25) is 12.4 Å². The highest BCUT2D eigenvalue weighted by Gasteiger charge is 2.49. The summed E-state index contributed by atoms with van der Waals surface area (Å²) < 4.78 is 20.3. The van der Waals surface area contributed by atoms with Gasteiger partial charge in [-0.2, -0.15) is 0 Å². The fraction of sp³-hybridized carbons (Fsp3) is 0.583. The lowest BCUT2D eigenvalue weighted by Gasteiger charge is -2.22. The largest absolute Gasteiger partial charge is 0.455 e. The van der Waals surface area contributed by atoms with Crippen molar-refractivity contribution in [2.45, 2.75) is 45.4 Å². The second-order valence-corrected chi connectivity index (χ2v) is 3.96. The van der Waals surface area contributed by atoms with Crippen LogP contribution >= 0.6 is 0 Å². The number of carbonyl (C=O) groups excluding carboxylic acids is 3. The van der Waals surface area contributed by atoms with Crippen LogP contribution in [0.1, 0.15) is 20.8 Å². The SMILES string of the molecule is C=C[C@H]1O[C@@H](OC(C)=O)[C@H](OC(C)=O)[C@@H]1OC(C)=O. The van der Waals surface area contributed by atoms with E-state index in [4.69, 9.17) is 18.9 Å². The predicted octanol–water partition coefficient (Wildman–Crippen LogP) is 0.324. The second-order valence-electron chi connectivity index (χ2n) is 3.96. The van der Waals surface area contributed by atoms with Crippen molar-refractivity contribution in [1.29, 1.82) is 0 Å². The van der Waals surface area contributed by atoms with E-state index in [2.05, 4.69) is 6.58 Å². The number of hydrogen-bond acceptors (Lipinski definition) is 7. The zero-order valence-corrected chi connectivity index (χ0v) is 11.0. The Morgan fingerprint density at radius 2 is 1.42 bits per heavy atom. The molecule has 1 heterocycles. The molecule has 1 saturated heterocycles. The van der Waals surface area contributed by atoms with Gasteiger partial charge in [0.05, 0.1) is 0 Å². The molecule has 0 amide bonds. The van der Waals surface area contributed by atoms with Gasteiger partial charge in [0.25, 0.3) is 0 Å². The van der Waals surface area contributed by atoms with E-state index >= 15 is 0 Å². The van der Waals surface area contributed by atoms with E-state index in [9.17, 15) is 14.4 Å². The summed E-state index contributed by atoms with van der Waals surface area (Å²) >= 11 is 0. The highest BCUT2D eigenvalue weighted by atomic mass is 16.7. The van der Waals surface area contributed by atoms with Crippen LogP contribution < -0.4 is 0 Å². The summed E-state index contributed by atoms with van der Waals surface area (Å²) in [6.07, 6.45) is -2.39. The van der Waals surface area contributed by atoms with E-state index in [1.807, 2.05) is 0 Å². The Kier molecular flexibility index (Phi) is 5.05. The monoisotopic (exact) mass is 272 g/mol. The summed E-state index contributed by atoms with van der Waals surface area (Å²) in [7, 11) is 0. The van der Waals surface area contributed by atoms with Crippen molar-refractivity contribution in [3.63, 3.8) is 0 Å². The number of ether oxygens (including phenoxy) is 4. The molecule has 1 aliphatic heterocycles. The number of hydrogen-bond donors (Lipinski definition) is 0. The summed E-state index contributed by atoms with van der Waals surface area (Å²) in [5, 5.41) is 0. The minimum atomic E-state index is -1.13. The molecule has 0 aromatic heterocycles. The lowest BCUT2D eigenvalue weighted by Crippen LogP contribution is -2.40. The van der Waals surface area contributed by atoms with E-state index in [-0.39, 0.29) is 0 Å². The van der Waals surface area contributed by atoms with Crippen LogP contribution in [0.25, 0.3) is 0 Å². The average molecular weight is 272 g/mol. The molecule has 1 fully saturated rings. The number of rotatable bonds is 4. The van der Waals surface area contributed by atoms with Crippen LogP contribution in [0.3, 0.4) is 0 Å². The van der Waals surface area contributed by atoms with Crippen LogP contribution in [0.4, 0.5) is 0 Å². The van der Waals surface area contributed by atoms with E-state index in [0.717, 1.165) is 0 Å². The minimum Gasteiger partial charge on any atom is -0.455 e. The van der Waals surface area contributed by atoms with Gasteiger partial charge >= 0.3 is 17.9 Å². The molecule has 1 rings (SSSR count). The topological polar surface area (TPSA) is 88.1 Å². The first kappa shape index (κ1) is 15.2. The molecule has 106 valence electrons. The third kappa shape index (κ3) is 4.06. The summed E-state index contributed by atoms with van der Waals surface area (Å²) in [6, 6.07) is 0. The molecule has 4 atom stereocenters. The lowest BCUT2D eigenvalue weighted by molar-refractivity contribution is -0.194. The normalized spacial score (nSPS) is 29.4. The van der Waals surface area contributed by atoms with Gasteiger partial charge < -0.3 is 18.9 Å². The summed E-state index contributed by atoms with van der Waals surface area (Å²) in [5.41, 5.74) is 0. The Bertz CT molecular complexity index is 390. The Hall–Kier alpha value is -1.89. The number of esters is 3. The highest BCUT2D eigenvalue weighted by Crippen LogP contribution is 2.28. The molecule has 7 heteroatoms. The molecule has 0 aromatic rings. The third-order valence-corrected chi connectivity index (χ3v) is 2.33. The minimum absolute atomic E-state index is 0.568. The van der Waals surface area contributed by atoms with Crippen LogP contribution in [0.2, 0.25) is 0 Å². The van der Waals surface area contributed by atoms with Crippen molar-refractivity contribution in [2.75, 3.05) is 0 Å². The molecule has 0 aromatic carbocycles. The molecule has 0 aliphatic carbocycles. The molecular formula is C12H16O7. The van der Waals surface area contributed by atoms with Crippen molar-refractivity contribution in [2.24, 2.45) is 0 Å². The first-order valence-electron chi connectivity index (χ1n) is 5.64. The maximum atomic E-state index is 11.1. The standard InChI is InChI=1S/C12H16O7/c1-5-9-10(16-6(2)13)11(17-7(3)14)12(19-9)18-8(4)15/h5,9-12H,1H2,2-4H3/t9-,10-,11-,12-/m1/s1. The zero-order chi connectivity index (χ0) is 14.6. The van der Waals surface area contributed by atoms with Gasteiger partial charge in [-0.3, -0.25) is 14.4 Å². The fourth-order valence-electron chi connectivity index (χ4n) is 1.74. The second kappa shape index (κ2) is 6.33. The third-order valence-electron chi connectivity index (χ3n) is 2.33. The maximum absolute atomic E-state index is 11.1. The molecule has 0 radical (unpaired) electrons. The van der Waals surface area contributed by atoms with Gasteiger partial charge in [0.15, 0.2) is 6.10 Å². The van der Waals surface area contributed by atoms with Crippen molar-refractivity contribution in [1.82, 2.24) is 0 Å². The quantitative estimate of drug-likeness (QED) is 0.414. The van der Waals surface area contributed by atoms with E-state index in [1.54, 1.807) is 0 Å². The fourth-order valence-corrected chi connectivity index (χ4v) is 1.74. The average Bonchev–Trinajstić information content (AvgIpc) is 2.55. The van der Waals surface area contributed by atoms with Gasteiger partial charge in [-0.25, -0.2) is 0 Å². The smallest absolute Gasteiger partial charge is 0.305 e. The van der Waals surface area contributed by atoms with E-state index < -0.39 is 42.5 Å². The predicted molar refractivity (Wildman–Crippen MR) is 61.7 cm³/mol. The van der Waals surface area contributed by atoms with Crippen molar-refractivity contribution in [3.8, 4) is 0 Å². The molecular weight excluding hydrogens is 256 g/mol. The molecule has 0 spiro atoms. The molecule has 0 unspecified atom stereocenters. The summed E-state index contributed by atoms with van der Waals surface area (Å²) in [5.74, 6) is -1.78. The van der Waals surface area contributed by atoms with Crippen LogP contribution in [0, 0.1) is 0 Å². The summed E-state index contributed by atoms with van der Waals surface area (Å²) in [4.78, 5) is 33.1. The van der Waals surface area contributed by atoms with Crippen LogP contribution in [-0.4, -0.2) is 42.5 Å². The Morgan fingerprint density at radius 3 is 1.84 bits per heavy atom.